The maximum Gasteiger partial charge on any atom is 0.226 e. The van der Waals surface area contributed by atoms with Crippen molar-refractivity contribution in [1.29, 1.82) is 0 Å². The van der Waals surface area contributed by atoms with Gasteiger partial charge in [-0.3, -0.25) is 0 Å². The van der Waals surface area contributed by atoms with Crippen molar-refractivity contribution in [1.82, 2.24) is 10.1 Å². The predicted molar refractivity (Wildman–Crippen MR) is 72.8 cm³/mol. The van der Waals surface area contributed by atoms with Gasteiger partial charge in [-0.1, -0.05) is 17.3 Å². The number of aliphatic hydroxyl groups excluding tert-OH is 1. The Labute approximate surface area is 117 Å². The van der Waals surface area contributed by atoms with Gasteiger partial charge in [0.25, 0.3) is 0 Å². The fourth-order valence-electron chi connectivity index (χ4n) is 1.94. The fraction of sp³-hybridized carbons (Fsp3) is 0.467. The Morgan fingerprint density at radius 1 is 1.30 bits per heavy atom. The Morgan fingerprint density at radius 3 is 2.55 bits per heavy atom. The van der Waals surface area contributed by atoms with Gasteiger partial charge >= 0.3 is 0 Å². The molecule has 4 nitrogen and oxygen atoms in total. The molecule has 5 heteroatoms. The van der Waals surface area contributed by atoms with Crippen molar-refractivity contribution in [2.24, 2.45) is 0 Å². The summed E-state index contributed by atoms with van der Waals surface area (Å²) in [4.78, 5) is 4.37. The first-order valence-electron chi connectivity index (χ1n) is 6.67. The third-order valence-corrected chi connectivity index (χ3v) is 3.37. The lowest BCUT2D eigenvalue weighted by molar-refractivity contribution is 0.180. The van der Waals surface area contributed by atoms with Crippen molar-refractivity contribution in [3.8, 4) is 0 Å². The minimum absolute atomic E-state index is 0.268. The first-order chi connectivity index (χ1) is 9.39. The van der Waals surface area contributed by atoms with Gasteiger partial charge in [0.1, 0.15) is 5.82 Å². The quantitative estimate of drug-likeness (QED) is 0.913. The fourth-order valence-corrected chi connectivity index (χ4v) is 1.94. The standard InChI is InChI=1S/C15H19FN2O2/c1-10(19)4-9-13-17-14(18-20-13)15(2,3)11-5-7-12(16)8-6-11/h5-8,10,19H,4,9H2,1-3H3. The molecule has 1 N–H and O–H groups in total. The van der Waals surface area contributed by atoms with Crippen LogP contribution in [-0.4, -0.2) is 21.4 Å². The van der Waals surface area contributed by atoms with Crippen LogP contribution >= 0.6 is 0 Å². The van der Waals surface area contributed by atoms with Crippen LogP contribution in [0.25, 0.3) is 0 Å². The lowest BCUT2D eigenvalue weighted by atomic mass is 9.84. The van der Waals surface area contributed by atoms with E-state index >= 15 is 0 Å². The van der Waals surface area contributed by atoms with Crippen molar-refractivity contribution >= 4 is 0 Å². The molecule has 0 aliphatic heterocycles. The third kappa shape index (κ3) is 3.22. The average molecular weight is 278 g/mol. The van der Waals surface area contributed by atoms with E-state index in [1.54, 1.807) is 19.1 Å². The Hall–Kier alpha value is -1.75. The Kier molecular flexibility index (Phi) is 4.18. The second-order valence-corrected chi connectivity index (χ2v) is 5.53. The largest absolute Gasteiger partial charge is 0.393 e. The average Bonchev–Trinajstić information content (AvgIpc) is 2.86. The van der Waals surface area contributed by atoms with Gasteiger partial charge < -0.3 is 9.63 Å². The van der Waals surface area contributed by atoms with E-state index in [0.717, 1.165) is 5.56 Å². The van der Waals surface area contributed by atoms with Gasteiger partial charge in [0.15, 0.2) is 5.82 Å². The summed E-state index contributed by atoms with van der Waals surface area (Å²) in [5.74, 6) is 0.802. The number of aliphatic hydroxyl groups is 1. The van der Waals surface area contributed by atoms with Crippen LogP contribution in [0.3, 0.4) is 0 Å². The molecule has 0 saturated heterocycles. The first-order valence-corrected chi connectivity index (χ1v) is 6.67. The molecule has 1 atom stereocenters. The van der Waals surface area contributed by atoms with E-state index in [-0.39, 0.29) is 5.82 Å². The molecule has 0 radical (unpaired) electrons. The molecule has 1 heterocycles. The zero-order chi connectivity index (χ0) is 14.8. The van der Waals surface area contributed by atoms with E-state index < -0.39 is 11.5 Å². The molecule has 1 unspecified atom stereocenters. The highest BCUT2D eigenvalue weighted by atomic mass is 19.1. The molecular formula is C15H19FN2O2. The van der Waals surface area contributed by atoms with Crippen molar-refractivity contribution < 1.29 is 14.0 Å². The zero-order valence-electron chi connectivity index (χ0n) is 11.9. The highest BCUT2D eigenvalue weighted by molar-refractivity contribution is 5.30. The minimum Gasteiger partial charge on any atom is -0.393 e. The van der Waals surface area contributed by atoms with Crippen LogP contribution in [0.2, 0.25) is 0 Å². The lowest BCUT2D eigenvalue weighted by Crippen LogP contribution is -2.20. The van der Waals surface area contributed by atoms with Crippen LogP contribution in [0.15, 0.2) is 28.8 Å². The van der Waals surface area contributed by atoms with E-state index in [2.05, 4.69) is 10.1 Å². The van der Waals surface area contributed by atoms with E-state index in [1.807, 2.05) is 13.8 Å². The topological polar surface area (TPSA) is 59.2 Å². The molecule has 20 heavy (non-hydrogen) atoms. The number of halogens is 1. The number of hydrogen-bond donors (Lipinski definition) is 1. The number of benzene rings is 1. The van der Waals surface area contributed by atoms with Crippen LogP contribution in [-0.2, 0) is 11.8 Å². The Morgan fingerprint density at radius 2 is 1.95 bits per heavy atom. The molecule has 0 aliphatic rings. The smallest absolute Gasteiger partial charge is 0.226 e. The number of nitrogens with zero attached hydrogens (tertiary/aromatic N) is 2. The van der Waals surface area contributed by atoms with E-state index in [1.165, 1.54) is 12.1 Å². The molecule has 2 aromatic rings. The molecule has 2 rings (SSSR count). The molecular weight excluding hydrogens is 259 g/mol. The molecule has 1 aromatic heterocycles. The van der Waals surface area contributed by atoms with Crippen LogP contribution in [0, 0.1) is 5.82 Å². The third-order valence-electron chi connectivity index (χ3n) is 3.37. The van der Waals surface area contributed by atoms with Gasteiger partial charge in [-0.05, 0) is 44.9 Å². The normalized spacial score (nSPS) is 13.4. The molecule has 0 spiro atoms. The van der Waals surface area contributed by atoms with Crippen LogP contribution in [0.1, 0.15) is 44.5 Å². The predicted octanol–water partition coefficient (Wildman–Crippen LogP) is 2.85. The second kappa shape index (κ2) is 5.71. The van der Waals surface area contributed by atoms with Gasteiger partial charge in [-0.25, -0.2) is 4.39 Å². The maximum absolute atomic E-state index is 13.0. The number of aromatic nitrogens is 2. The SMILES string of the molecule is CC(O)CCc1nc(C(C)(C)c2ccc(F)cc2)no1. The van der Waals surface area contributed by atoms with E-state index in [4.69, 9.17) is 4.52 Å². The molecule has 108 valence electrons. The second-order valence-electron chi connectivity index (χ2n) is 5.53. The lowest BCUT2D eigenvalue weighted by Gasteiger charge is -2.20. The van der Waals surface area contributed by atoms with Gasteiger partial charge in [0.2, 0.25) is 5.89 Å². The summed E-state index contributed by atoms with van der Waals surface area (Å²) in [6.07, 6.45) is 0.735. The summed E-state index contributed by atoms with van der Waals surface area (Å²) in [5, 5.41) is 13.3. The highest BCUT2D eigenvalue weighted by Gasteiger charge is 2.28. The molecule has 0 fully saturated rings. The van der Waals surface area contributed by atoms with Gasteiger partial charge in [0.05, 0.1) is 11.5 Å². The first kappa shape index (κ1) is 14.7. The van der Waals surface area contributed by atoms with Crippen molar-refractivity contribution in [2.45, 2.75) is 45.1 Å². The number of hydrogen-bond acceptors (Lipinski definition) is 4. The van der Waals surface area contributed by atoms with E-state index in [9.17, 15) is 9.50 Å². The molecule has 1 aromatic carbocycles. The van der Waals surface area contributed by atoms with Crippen LogP contribution < -0.4 is 0 Å². The summed E-state index contributed by atoms with van der Waals surface area (Å²) in [7, 11) is 0. The van der Waals surface area contributed by atoms with E-state index in [0.29, 0.717) is 24.6 Å². The molecule has 0 amide bonds. The number of aryl methyl sites for hydroxylation is 1. The number of rotatable bonds is 5. The van der Waals surface area contributed by atoms with Gasteiger partial charge in [-0.2, -0.15) is 4.98 Å². The minimum atomic E-state index is -0.458. The van der Waals surface area contributed by atoms with Crippen LogP contribution in [0.4, 0.5) is 4.39 Å². The van der Waals surface area contributed by atoms with Crippen LogP contribution in [0.5, 0.6) is 0 Å². The summed E-state index contributed by atoms with van der Waals surface area (Å²) >= 11 is 0. The zero-order valence-corrected chi connectivity index (χ0v) is 11.9. The molecule has 0 aliphatic carbocycles. The summed E-state index contributed by atoms with van der Waals surface area (Å²) in [5.41, 5.74) is 0.460. The van der Waals surface area contributed by atoms with Gasteiger partial charge in [0, 0.05) is 6.42 Å². The van der Waals surface area contributed by atoms with Gasteiger partial charge in [-0.15, -0.1) is 0 Å². The summed E-state index contributed by atoms with van der Waals surface area (Å²) < 4.78 is 18.2. The molecule has 0 saturated carbocycles. The maximum atomic E-state index is 13.0. The van der Waals surface area contributed by atoms with Crippen molar-refractivity contribution in [2.75, 3.05) is 0 Å². The van der Waals surface area contributed by atoms with Crippen molar-refractivity contribution in [3.63, 3.8) is 0 Å². The molecule has 0 bridgehead atoms. The summed E-state index contributed by atoms with van der Waals surface area (Å²) in [6, 6.07) is 6.29. The Balaban J connectivity index is 2.19. The monoisotopic (exact) mass is 278 g/mol. The Bertz CT molecular complexity index is 562. The van der Waals surface area contributed by atoms with Crippen molar-refractivity contribution in [3.05, 3.63) is 47.4 Å². The highest BCUT2D eigenvalue weighted by Crippen LogP contribution is 2.29. The summed E-state index contributed by atoms with van der Waals surface area (Å²) in [6.45, 7) is 5.65.